The first-order valence-corrected chi connectivity index (χ1v) is 7.58. The summed E-state index contributed by atoms with van der Waals surface area (Å²) in [4.78, 5) is 12.1. The summed E-state index contributed by atoms with van der Waals surface area (Å²) in [5, 5.41) is 6.54. The van der Waals surface area contributed by atoms with E-state index < -0.39 is 0 Å². The van der Waals surface area contributed by atoms with Gasteiger partial charge < -0.3 is 10.6 Å². The van der Waals surface area contributed by atoms with Crippen LogP contribution in [0.2, 0.25) is 0 Å². The highest BCUT2D eigenvalue weighted by atomic mass is 16.1. The fraction of sp³-hybridized carbons (Fsp3) is 0.588. The van der Waals surface area contributed by atoms with Crippen molar-refractivity contribution in [3.8, 4) is 0 Å². The first-order valence-electron chi connectivity index (χ1n) is 7.58. The van der Waals surface area contributed by atoms with Crippen LogP contribution < -0.4 is 10.6 Å². The molecule has 0 spiro atoms. The SMILES string of the molecule is CC(NC(=O)CC1CCCN1)C(C)(C)c1ccccc1. The topological polar surface area (TPSA) is 41.1 Å². The standard InChI is InChI=1S/C17H26N2O/c1-13(17(2,3)14-8-5-4-6-9-14)19-16(20)12-15-10-7-11-18-15/h4-6,8-9,13,15,18H,7,10-12H2,1-3H3,(H,19,20). The maximum absolute atomic E-state index is 12.1. The molecule has 1 heterocycles. The number of carbonyl (C=O) groups excluding carboxylic acids is 1. The molecule has 1 aliphatic rings. The van der Waals surface area contributed by atoms with Crippen molar-refractivity contribution in [2.75, 3.05) is 6.54 Å². The molecule has 110 valence electrons. The van der Waals surface area contributed by atoms with Crippen molar-refractivity contribution in [1.29, 1.82) is 0 Å². The van der Waals surface area contributed by atoms with Crippen molar-refractivity contribution in [2.24, 2.45) is 0 Å². The smallest absolute Gasteiger partial charge is 0.221 e. The fourth-order valence-electron chi connectivity index (χ4n) is 2.75. The van der Waals surface area contributed by atoms with E-state index in [4.69, 9.17) is 0 Å². The molecule has 0 aliphatic carbocycles. The summed E-state index contributed by atoms with van der Waals surface area (Å²) in [6.07, 6.45) is 2.89. The van der Waals surface area contributed by atoms with Crippen LogP contribution in [0.4, 0.5) is 0 Å². The Bertz CT molecular complexity index is 436. The molecule has 1 fully saturated rings. The molecule has 2 unspecified atom stereocenters. The monoisotopic (exact) mass is 274 g/mol. The van der Waals surface area contributed by atoms with Gasteiger partial charge in [-0.1, -0.05) is 44.2 Å². The van der Waals surface area contributed by atoms with Crippen molar-refractivity contribution >= 4 is 5.91 Å². The first-order chi connectivity index (χ1) is 9.50. The molecular formula is C17H26N2O. The van der Waals surface area contributed by atoms with Crippen LogP contribution in [-0.4, -0.2) is 24.5 Å². The molecule has 0 radical (unpaired) electrons. The van der Waals surface area contributed by atoms with E-state index in [-0.39, 0.29) is 17.4 Å². The minimum Gasteiger partial charge on any atom is -0.353 e. The van der Waals surface area contributed by atoms with E-state index in [0.717, 1.165) is 13.0 Å². The predicted octanol–water partition coefficient (Wildman–Crippen LogP) is 2.61. The molecule has 0 aromatic heterocycles. The third-order valence-electron chi connectivity index (χ3n) is 4.57. The van der Waals surface area contributed by atoms with Crippen LogP contribution in [0.1, 0.15) is 45.6 Å². The van der Waals surface area contributed by atoms with E-state index in [1.165, 1.54) is 12.0 Å². The lowest BCUT2D eigenvalue weighted by Crippen LogP contribution is -2.46. The summed E-state index contributed by atoms with van der Waals surface area (Å²) in [7, 11) is 0. The number of hydrogen-bond acceptors (Lipinski definition) is 2. The second-order valence-corrected chi connectivity index (χ2v) is 6.37. The van der Waals surface area contributed by atoms with Crippen LogP contribution in [0, 0.1) is 0 Å². The van der Waals surface area contributed by atoms with Gasteiger partial charge in [0.1, 0.15) is 0 Å². The Kier molecular flexibility index (Phi) is 4.81. The lowest BCUT2D eigenvalue weighted by Gasteiger charge is -2.33. The van der Waals surface area contributed by atoms with Crippen LogP contribution in [-0.2, 0) is 10.2 Å². The van der Waals surface area contributed by atoms with Gasteiger partial charge in [0.2, 0.25) is 5.91 Å². The zero-order valence-electron chi connectivity index (χ0n) is 12.8. The molecule has 2 atom stereocenters. The molecule has 20 heavy (non-hydrogen) atoms. The van der Waals surface area contributed by atoms with Gasteiger partial charge in [0, 0.05) is 23.9 Å². The molecule has 1 aromatic carbocycles. The largest absolute Gasteiger partial charge is 0.353 e. The van der Waals surface area contributed by atoms with E-state index in [1.807, 2.05) is 18.2 Å². The average molecular weight is 274 g/mol. The maximum Gasteiger partial charge on any atom is 0.221 e. The molecular weight excluding hydrogens is 248 g/mol. The molecule has 0 saturated carbocycles. The van der Waals surface area contributed by atoms with Crippen molar-refractivity contribution < 1.29 is 4.79 Å². The Hall–Kier alpha value is -1.35. The highest BCUT2D eigenvalue weighted by Crippen LogP contribution is 2.26. The van der Waals surface area contributed by atoms with Crippen LogP contribution in [0.3, 0.4) is 0 Å². The fourth-order valence-corrected chi connectivity index (χ4v) is 2.75. The Morgan fingerprint density at radius 2 is 2.10 bits per heavy atom. The zero-order chi connectivity index (χ0) is 14.6. The number of rotatable bonds is 5. The van der Waals surface area contributed by atoms with Crippen LogP contribution in [0.5, 0.6) is 0 Å². The minimum atomic E-state index is -0.0694. The van der Waals surface area contributed by atoms with E-state index in [2.05, 4.69) is 43.5 Å². The third-order valence-corrected chi connectivity index (χ3v) is 4.57. The summed E-state index contributed by atoms with van der Waals surface area (Å²) in [5.41, 5.74) is 1.19. The van der Waals surface area contributed by atoms with E-state index >= 15 is 0 Å². The number of carbonyl (C=O) groups is 1. The van der Waals surface area contributed by atoms with Gasteiger partial charge in [0.05, 0.1) is 0 Å². The molecule has 1 saturated heterocycles. The molecule has 1 amide bonds. The summed E-state index contributed by atoms with van der Waals surface area (Å²) in [5.74, 6) is 0.154. The van der Waals surface area contributed by atoms with Crippen molar-refractivity contribution in [3.63, 3.8) is 0 Å². The molecule has 0 bridgehead atoms. The maximum atomic E-state index is 12.1. The zero-order valence-corrected chi connectivity index (χ0v) is 12.8. The molecule has 3 heteroatoms. The molecule has 2 rings (SSSR count). The van der Waals surface area contributed by atoms with Gasteiger partial charge in [-0.05, 0) is 31.9 Å². The quantitative estimate of drug-likeness (QED) is 0.866. The highest BCUT2D eigenvalue weighted by Gasteiger charge is 2.29. The Morgan fingerprint density at radius 3 is 2.70 bits per heavy atom. The second-order valence-electron chi connectivity index (χ2n) is 6.37. The van der Waals surface area contributed by atoms with E-state index in [9.17, 15) is 4.79 Å². The summed E-state index contributed by atoms with van der Waals surface area (Å²) >= 11 is 0. The van der Waals surface area contributed by atoms with Crippen molar-refractivity contribution in [3.05, 3.63) is 35.9 Å². The van der Waals surface area contributed by atoms with Gasteiger partial charge in [-0.15, -0.1) is 0 Å². The molecule has 2 N–H and O–H groups in total. The number of hydrogen-bond donors (Lipinski definition) is 2. The number of amides is 1. The summed E-state index contributed by atoms with van der Waals surface area (Å²) in [6, 6.07) is 10.8. The minimum absolute atomic E-state index is 0.0694. The summed E-state index contributed by atoms with van der Waals surface area (Å²) < 4.78 is 0. The van der Waals surface area contributed by atoms with Crippen LogP contribution in [0.25, 0.3) is 0 Å². The highest BCUT2D eigenvalue weighted by molar-refractivity contribution is 5.77. The number of nitrogens with one attached hydrogen (secondary N) is 2. The Labute approximate surface area is 122 Å². The number of benzene rings is 1. The van der Waals surface area contributed by atoms with E-state index in [1.54, 1.807) is 0 Å². The average Bonchev–Trinajstić information content (AvgIpc) is 2.92. The lowest BCUT2D eigenvalue weighted by atomic mass is 9.78. The first kappa shape index (κ1) is 15.0. The normalized spacial score (nSPS) is 20.6. The lowest BCUT2D eigenvalue weighted by molar-refractivity contribution is -0.122. The Balaban J connectivity index is 1.92. The van der Waals surface area contributed by atoms with Gasteiger partial charge in [0.15, 0.2) is 0 Å². The van der Waals surface area contributed by atoms with Gasteiger partial charge in [-0.3, -0.25) is 4.79 Å². The summed E-state index contributed by atoms with van der Waals surface area (Å²) in [6.45, 7) is 7.50. The second kappa shape index (κ2) is 6.40. The predicted molar refractivity (Wildman–Crippen MR) is 82.7 cm³/mol. The molecule has 1 aliphatic heterocycles. The van der Waals surface area contributed by atoms with Gasteiger partial charge in [0.25, 0.3) is 0 Å². The van der Waals surface area contributed by atoms with Crippen LogP contribution in [0.15, 0.2) is 30.3 Å². The van der Waals surface area contributed by atoms with Crippen LogP contribution >= 0.6 is 0 Å². The Morgan fingerprint density at radius 1 is 1.40 bits per heavy atom. The van der Waals surface area contributed by atoms with E-state index in [0.29, 0.717) is 12.5 Å². The molecule has 3 nitrogen and oxygen atoms in total. The van der Waals surface area contributed by atoms with Gasteiger partial charge >= 0.3 is 0 Å². The van der Waals surface area contributed by atoms with Gasteiger partial charge in [-0.25, -0.2) is 0 Å². The third kappa shape index (κ3) is 3.60. The molecule has 1 aromatic rings. The van der Waals surface area contributed by atoms with Crippen molar-refractivity contribution in [1.82, 2.24) is 10.6 Å². The van der Waals surface area contributed by atoms with Crippen molar-refractivity contribution in [2.45, 2.75) is 57.5 Å². The van der Waals surface area contributed by atoms with Gasteiger partial charge in [-0.2, -0.15) is 0 Å².